The van der Waals surface area contributed by atoms with Crippen LogP contribution in [-0.4, -0.2) is 32.8 Å². The molecule has 4 aromatic rings. The zero-order valence-corrected chi connectivity index (χ0v) is 16.5. The van der Waals surface area contributed by atoms with Crippen molar-refractivity contribution in [1.29, 1.82) is 0 Å². The first-order valence-corrected chi connectivity index (χ1v) is 9.56. The first kappa shape index (κ1) is 19.4. The van der Waals surface area contributed by atoms with Gasteiger partial charge in [-0.1, -0.05) is 36.4 Å². The number of hydrogen-bond donors (Lipinski definition) is 2. The molecule has 0 saturated heterocycles. The number of ether oxygens (including phenoxy) is 1. The lowest BCUT2D eigenvalue weighted by molar-refractivity contribution is -0.121. The molecule has 0 aliphatic carbocycles. The first-order chi connectivity index (χ1) is 14.7. The van der Waals surface area contributed by atoms with Crippen molar-refractivity contribution in [3.8, 4) is 11.4 Å². The molecule has 4 rings (SSSR count). The quantitative estimate of drug-likeness (QED) is 0.493. The summed E-state index contributed by atoms with van der Waals surface area (Å²) in [6.45, 7) is 0.368. The highest BCUT2D eigenvalue weighted by molar-refractivity contribution is 5.77. The smallest absolute Gasteiger partial charge is 0.262 e. The summed E-state index contributed by atoms with van der Waals surface area (Å²) in [6, 6.07) is 17.0. The summed E-state index contributed by atoms with van der Waals surface area (Å²) in [6.07, 6.45) is 2.00. The zero-order valence-electron chi connectivity index (χ0n) is 16.5. The molecule has 30 heavy (non-hydrogen) atoms. The van der Waals surface area contributed by atoms with E-state index in [0.29, 0.717) is 29.8 Å². The standard InChI is InChI=1S/C22H21N5O3/c1-30-18-10-6-5-7-15(18)13-23-20(28)12-11-19-25-21-17(22(29)26-19)14-24-27(21)16-8-3-2-4-9-16/h2-10,14H,11-13H2,1H3,(H,23,28)(H,25,26,29). The van der Waals surface area contributed by atoms with Gasteiger partial charge in [0.25, 0.3) is 5.56 Å². The first-order valence-electron chi connectivity index (χ1n) is 9.56. The Bertz CT molecular complexity index is 1230. The number of aryl methyl sites for hydroxylation is 1. The summed E-state index contributed by atoms with van der Waals surface area (Å²) >= 11 is 0. The lowest BCUT2D eigenvalue weighted by Gasteiger charge is -2.09. The van der Waals surface area contributed by atoms with Crippen LogP contribution in [0.5, 0.6) is 5.75 Å². The van der Waals surface area contributed by atoms with Gasteiger partial charge in [-0.15, -0.1) is 0 Å². The van der Waals surface area contributed by atoms with Crippen molar-refractivity contribution < 1.29 is 9.53 Å². The van der Waals surface area contributed by atoms with Crippen LogP contribution in [0.25, 0.3) is 16.7 Å². The summed E-state index contributed by atoms with van der Waals surface area (Å²) in [5.41, 5.74) is 1.90. The molecule has 0 saturated carbocycles. The normalized spacial score (nSPS) is 10.8. The summed E-state index contributed by atoms with van der Waals surface area (Å²) in [4.78, 5) is 32.0. The van der Waals surface area contributed by atoms with Crippen LogP contribution in [0, 0.1) is 0 Å². The van der Waals surface area contributed by atoms with Crippen molar-refractivity contribution in [3.05, 3.63) is 82.5 Å². The summed E-state index contributed by atoms with van der Waals surface area (Å²) < 4.78 is 6.91. The Morgan fingerprint density at radius 1 is 1.13 bits per heavy atom. The molecule has 2 aromatic heterocycles. The van der Waals surface area contributed by atoms with Gasteiger partial charge in [-0.25, -0.2) is 9.67 Å². The third-order valence-electron chi connectivity index (χ3n) is 4.75. The van der Waals surface area contributed by atoms with Gasteiger partial charge in [-0.2, -0.15) is 5.10 Å². The molecule has 8 nitrogen and oxygen atoms in total. The average molecular weight is 403 g/mol. The SMILES string of the molecule is COc1ccccc1CNC(=O)CCc1nc2c(cnn2-c2ccccc2)c(=O)[nH]1. The van der Waals surface area contributed by atoms with Crippen LogP contribution in [0.1, 0.15) is 17.8 Å². The Hall–Kier alpha value is -3.94. The molecule has 0 bridgehead atoms. The van der Waals surface area contributed by atoms with Crippen molar-refractivity contribution in [3.63, 3.8) is 0 Å². The van der Waals surface area contributed by atoms with Crippen molar-refractivity contribution in [2.24, 2.45) is 0 Å². The topological polar surface area (TPSA) is 102 Å². The second-order valence-corrected chi connectivity index (χ2v) is 6.73. The predicted octanol–water partition coefficient (Wildman–Crippen LogP) is 2.37. The molecule has 152 valence electrons. The molecule has 0 fully saturated rings. The number of aromatic nitrogens is 4. The Kier molecular flexibility index (Phi) is 5.56. The number of carbonyl (C=O) groups excluding carboxylic acids is 1. The van der Waals surface area contributed by atoms with E-state index in [2.05, 4.69) is 20.4 Å². The molecule has 2 heterocycles. The van der Waals surface area contributed by atoms with Crippen LogP contribution in [0.4, 0.5) is 0 Å². The Morgan fingerprint density at radius 3 is 2.70 bits per heavy atom. The fraction of sp³-hybridized carbons (Fsp3) is 0.182. The lowest BCUT2D eigenvalue weighted by Crippen LogP contribution is -2.24. The summed E-state index contributed by atoms with van der Waals surface area (Å²) in [5, 5.41) is 7.56. The third-order valence-corrected chi connectivity index (χ3v) is 4.75. The number of rotatable bonds is 7. The highest BCUT2D eigenvalue weighted by atomic mass is 16.5. The van der Waals surface area contributed by atoms with E-state index >= 15 is 0 Å². The highest BCUT2D eigenvalue weighted by Gasteiger charge is 2.12. The molecule has 0 unspecified atom stereocenters. The van der Waals surface area contributed by atoms with E-state index in [4.69, 9.17) is 4.74 Å². The third kappa shape index (κ3) is 4.07. The van der Waals surface area contributed by atoms with Gasteiger partial charge in [0.2, 0.25) is 5.91 Å². The minimum Gasteiger partial charge on any atom is -0.496 e. The maximum absolute atomic E-state index is 12.4. The largest absolute Gasteiger partial charge is 0.496 e. The molecule has 0 aliphatic heterocycles. The number of hydrogen-bond acceptors (Lipinski definition) is 5. The Labute approximate surface area is 172 Å². The van der Waals surface area contributed by atoms with Gasteiger partial charge >= 0.3 is 0 Å². The number of fused-ring (bicyclic) bond motifs is 1. The van der Waals surface area contributed by atoms with Gasteiger partial charge in [0.05, 0.1) is 19.0 Å². The van der Waals surface area contributed by atoms with Crippen molar-refractivity contribution >= 4 is 16.9 Å². The number of aromatic amines is 1. The summed E-state index contributed by atoms with van der Waals surface area (Å²) in [7, 11) is 1.60. The Morgan fingerprint density at radius 2 is 1.90 bits per heavy atom. The fourth-order valence-corrected chi connectivity index (χ4v) is 3.20. The monoisotopic (exact) mass is 403 g/mol. The minimum atomic E-state index is -0.272. The van der Waals surface area contributed by atoms with Crippen LogP contribution in [0.15, 0.2) is 65.6 Å². The van der Waals surface area contributed by atoms with Gasteiger partial charge in [0, 0.05) is 24.9 Å². The average Bonchev–Trinajstić information content (AvgIpc) is 3.21. The van der Waals surface area contributed by atoms with Gasteiger partial charge in [0.15, 0.2) is 5.65 Å². The number of benzene rings is 2. The molecule has 8 heteroatoms. The highest BCUT2D eigenvalue weighted by Crippen LogP contribution is 2.17. The van der Waals surface area contributed by atoms with Gasteiger partial charge in [-0.3, -0.25) is 9.59 Å². The zero-order chi connectivity index (χ0) is 20.9. The predicted molar refractivity (Wildman–Crippen MR) is 113 cm³/mol. The van der Waals surface area contributed by atoms with Crippen molar-refractivity contribution in [2.45, 2.75) is 19.4 Å². The molecule has 0 spiro atoms. The number of amides is 1. The summed E-state index contributed by atoms with van der Waals surface area (Å²) in [5.74, 6) is 1.03. The number of para-hydroxylation sites is 2. The van der Waals surface area contributed by atoms with Gasteiger partial charge in [-0.05, 0) is 18.2 Å². The van der Waals surface area contributed by atoms with E-state index in [1.54, 1.807) is 11.8 Å². The molecule has 1 amide bonds. The van der Waals surface area contributed by atoms with E-state index in [-0.39, 0.29) is 17.9 Å². The number of methoxy groups -OCH3 is 1. The van der Waals surface area contributed by atoms with Crippen molar-refractivity contribution in [1.82, 2.24) is 25.1 Å². The van der Waals surface area contributed by atoms with E-state index in [1.807, 2.05) is 54.6 Å². The van der Waals surface area contributed by atoms with E-state index in [9.17, 15) is 9.59 Å². The maximum Gasteiger partial charge on any atom is 0.262 e. The minimum absolute atomic E-state index is 0.139. The van der Waals surface area contributed by atoms with E-state index in [1.165, 1.54) is 6.20 Å². The molecule has 2 aromatic carbocycles. The van der Waals surface area contributed by atoms with Crippen LogP contribution in [-0.2, 0) is 17.8 Å². The van der Waals surface area contributed by atoms with Crippen LogP contribution in [0.3, 0.4) is 0 Å². The molecular formula is C22H21N5O3. The van der Waals surface area contributed by atoms with Crippen LogP contribution < -0.4 is 15.6 Å². The maximum atomic E-state index is 12.4. The van der Waals surface area contributed by atoms with Gasteiger partial charge < -0.3 is 15.0 Å². The second kappa shape index (κ2) is 8.60. The second-order valence-electron chi connectivity index (χ2n) is 6.73. The van der Waals surface area contributed by atoms with Gasteiger partial charge in [0.1, 0.15) is 17.0 Å². The van der Waals surface area contributed by atoms with E-state index < -0.39 is 0 Å². The number of carbonyl (C=O) groups is 1. The lowest BCUT2D eigenvalue weighted by atomic mass is 10.2. The number of nitrogens with one attached hydrogen (secondary N) is 2. The molecule has 0 aliphatic rings. The molecule has 0 radical (unpaired) electrons. The van der Waals surface area contributed by atoms with Crippen molar-refractivity contribution in [2.75, 3.05) is 7.11 Å². The Balaban J connectivity index is 1.46. The molecule has 0 atom stereocenters. The van der Waals surface area contributed by atoms with Crippen LogP contribution >= 0.6 is 0 Å². The molecular weight excluding hydrogens is 382 g/mol. The number of H-pyrrole nitrogens is 1. The molecule has 2 N–H and O–H groups in total. The van der Waals surface area contributed by atoms with Crippen LogP contribution in [0.2, 0.25) is 0 Å². The number of nitrogens with zero attached hydrogens (tertiary/aromatic N) is 3. The fourth-order valence-electron chi connectivity index (χ4n) is 3.20. The van der Waals surface area contributed by atoms with E-state index in [0.717, 1.165) is 17.0 Å².